The summed E-state index contributed by atoms with van der Waals surface area (Å²) in [6.45, 7) is 1.47. The molecular formula is C27H29N3O5S. The minimum absolute atomic E-state index is 0.0380. The van der Waals surface area contributed by atoms with Crippen LogP contribution in [-0.4, -0.2) is 72.9 Å². The van der Waals surface area contributed by atoms with Crippen LogP contribution in [-0.2, 0) is 9.53 Å². The summed E-state index contributed by atoms with van der Waals surface area (Å²) >= 11 is 1.50. The molecule has 4 rings (SSSR count). The summed E-state index contributed by atoms with van der Waals surface area (Å²) in [5.74, 6) is -0.594. The maximum Gasteiger partial charge on any atom is 0.262 e. The van der Waals surface area contributed by atoms with Crippen molar-refractivity contribution in [1.29, 1.82) is 5.26 Å². The molecule has 8 nitrogen and oxygen atoms in total. The molecule has 1 aromatic heterocycles. The number of nitriles is 1. The molecule has 1 fully saturated rings. The first-order chi connectivity index (χ1) is 17.2. The molecule has 36 heavy (non-hydrogen) atoms. The van der Waals surface area contributed by atoms with Crippen LogP contribution in [0.1, 0.15) is 11.8 Å². The number of amides is 1. The lowest BCUT2D eigenvalue weighted by molar-refractivity contribution is -0.185. The molecule has 1 aliphatic rings. The highest BCUT2D eigenvalue weighted by Gasteiger charge is 2.37. The minimum atomic E-state index is -1.36. The first kappa shape index (κ1) is 25.8. The van der Waals surface area contributed by atoms with E-state index < -0.39 is 30.3 Å². The number of carbonyl (C=O) groups is 1. The molecule has 1 saturated heterocycles. The number of nitrogens with one attached hydrogen (secondary N) is 1. The van der Waals surface area contributed by atoms with Crippen LogP contribution in [0.4, 0.5) is 5.69 Å². The number of aliphatic hydroxyl groups is 3. The molecule has 3 aromatic rings. The van der Waals surface area contributed by atoms with Crippen LogP contribution < -0.4 is 10.2 Å². The van der Waals surface area contributed by atoms with Gasteiger partial charge in [-0.15, -0.1) is 11.3 Å². The quantitative estimate of drug-likeness (QED) is 0.298. The Bertz CT molecular complexity index is 1340. The average molecular weight is 508 g/mol. The average Bonchev–Trinajstić information content (AvgIpc) is 3.37. The number of carbonyl (C=O) groups excluding carboxylic acids is 1. The zero-order valence-electron chi connectivity index (χ0n) is 20.3. The van der Waals surface area contributed by atoms with Gasteiger partial charge in [-0.05, 0) is 59.2 Å². The van der Waals surface area contributed by atoms with Gasteiger partial charge in [-0.2, -0.15) is 5.26 Å². The fourth-order valence-electron chi connectivity index (χ4n) is 4.12. The second kappa shape index (κ2) is 10.8. The third-order valence-electron chi connectivity index (χ3n) is 6.38. The molecule has 9 heteroatoms. The number of thiophene rings is 1. The first-order valence-corrected chi connectivity index (χ1v) is 12.4. The van der Waals surface area contributed by atoms with Crippen LogP contribution in [0.2, 0.25) is 0 Å². The summed E-state index contributed by atoms with van der Waals surface area (Å²) in [7, 11) is 4.02. The molecule has 0 aliphatic carbocycles. The van der Waals surface area contributed by atoms with E-state index in [9.17, 15) is 25.4 Å². The minimum Gasteiger partial charge on any atom is -0.388 e. The van der Waals surface area contributed by atoms with E-state index in [-0.39, 0.29) is 18.7 Å². The van der Waals surface area contributed by atoms with Crippen LogP contribution >= 0.6 is 11.3 Å². The van der Waals surface area contributed by atoms with Gasteiger partial charge >= 0.3 is 0 Å². The van der Waals surface area contributed by atoms with Crippen LogP contribution in [0, 0.1) is 11.3 Å². The number of nitrogens with zero attached hydrogens (tertiary/aromatic N) is 2. The van der Waals surface area contributed by atoms with Crippen molar-refractivity contribution in [3.63, 3.8) is 0 Å². The topological polar surface area (TPSA) is 126 Å². The van der Waals surface area contributed by atoms with E-state index in [1.54, 1.807) is 6.92 Å². The van der Waals surface area contributed by atoms with Crippen molar-refractivity contribution in [2.24, 2.45) is 0 Å². The second-order valence-corrected chi connectivity index (χ2v) is 10.1. The van der Waals surface area contributed by atoms with E-state index in [0.29, 0.717) is 5.57 Å². The number of allylic oxidation sites excluding steroid dienone is 1. The Morgan fingerprint density at radius 1 is 1.11 bits per heavy atom. The number of ether oxygens (including phenoxy) is 1. The zero-order chi connectivity index (χ0) is 26.0. The number of anilines is 1. The molecular weight excluding hydrogens is 478 g/mol. The zero-order valence-corrected chi connectivity index (χ0v) is 21.1. The van der Waals surface area contributed by atoms with Crippen LogP contribution in [0.25, 0.3) is 26.8 Å². The Hall–Kier alpha value is -3.26. The third kappa shape index (κ3) is 5.28. The third-order valence-corrected chi connectivity index (χ3v) is 7.64. The lowest BCUT2D eigenvalue weighted by Gasteiger charge is -2.35. The molecule has 188 valence electrons. The van der Waals surface area contributed by atoms with E-state index in [1.807, 2.05) is 32.3 Å². The van der Waals surface area contributed by atoms with E-state index in [2.05, 4.69) is 46.6 Å². The monoisotopic (exact) mass is 507 g/mol. The maximum atomic E-state index is 12.7. The number of fused-ring (bicyclic) bond motifs is 1. The summed E-state index contributed by atoms with van der Waals surface area (Å²) in [6, 6.07) is 18.5. The van der Waals surface area contributed by atoms with Crippen LogP contribution in [0.5, 0.6) is 0 Å². The Balaban J connectivity index is 1.50. The van der Waals surface area contributed by atoms with Crippen molar-refractivity contribution in [2.45, 2.75) is 31.3 Å². The standard InChI is InChI=1S/C27H29N3O5S/c1-15(20(12-28)27(34)29-13-22-26(33)25(32)21(31)14-35-22)23-8-9-24(36-23)18-5-4-17-11-19(30(2)3)7-6-16(17)10-18/h4-11,21-22,25-26,31-33H,13-14H2,1-3H3,(H,29,34)/b20-15+/t21-,22+,25+,26+/m0/s1. The first-order valence-electron chi connectivity index (χ1n) is 11.6. The summed E-state index contributed by atoms with van der Waals surface area (Å²) in [5.41, 5.74) is 2.69. The van der Waals surface area contributed by atoms with Gasteiger partial charge in [0.15, 0.2) is 0 Å². The molecule has 4 N–H and O–H groups in total. The van der Waals surface area contributed by atoms with Gasteiger partial charge in [0.25, 0.3) is 5.91 Å². The summed E-state index contributed by atoms with van der Waals surface area (Å²) in [5, 5.41) is 44.0. The Morgan fingerprint density at radius 3 is 2.56 bits per heavy atom. The molecule has 0 unspecified atom stereocenters. The van der Waals surface area contributed by atoms with Gasteiger partial charge in [0.2, 0.25) is 0 Å². The van der Waals surface area contributed by atoms with E-state index >= 15 is 0 Å². The van der Waals surface area contributed by atoms with Crippen molar-refractivity contribution in [2.75, 3.05) is 32.1 Å². The van der Waals surface area contributed by atoms with Crippen molar-refractivity contribution in [3.05, 3.63) is 59.0 Å². The van der Waals surface area contributed by atoms with Crippen molar-refractivity contribution in [1.82, 2.24) is 5.32 Å². The Labute approximate surface area is 213 Å². The van der Waals surface area contributed by atoms with Gasteiger partial charge in [-0.25, -0.2) is 0 Å². The largest absolute Gasteiger partial charge is 0.388 e. The molecule has 2 heterocycles. The maximum absolute atomic E-state index is 12.7. The van der Waals surface area contributed by atoms with Gasteiger partial charge in [0.1, 0.15) is 36.1 Å². The van der Waals surface area contributed by atoms with E-state index in [1.165, 1.54) is 11.3 Å². The summed E-state index contributed by atoms with van der Waals surface area (Å²) < 4.78 is 5.31. The van der Waals surface area contributed by atoms with Gasteiger partial charge in [0, 0.05) is 36.1 Å². The lowest BCUT2D eigenvalue weighted by atomic mass is 10.00. The Morgan fingerprint density at radius 2 is 1.83 bits per heavy atom. The fourth-order valence-corrected chi connectivity index (χ4v) is 5.12. The van der Waals surface area contributed by atoms with Crippen LogP contribution in [0.15, 0.2) is 54.1 Å². The number of aliphatic hydroxyl groups excluding tert-OH is 3. The number of benzene rings is 2. The predicted molar refractivity (Wildman–Crippen MR) is 141 cm³/mol. The predicted octanol–water partition coefficient (Wildman–Crippen LogP) is 2.53. The molecule has 0 radical (unpaired) electrons. The van der Waals surface area contributed by atoms with Crippen molar-refractivity contribution < 1.29 is 24.9 Å². The molecule has 1 amide bonds. The van der Waals surface area contributed by atoms with Gasteiger partial charge < -0.3 is 30.3 Å². The van der Waals surface area contributed by atoms with Gasteiger partial charge in [0.05, 0.1) is 6.61 Å². The number of hydrogen-bond acceptors (Lipinski definition) is 8. The summed E-state index contributed by atoms with van der Waals surface area (Å²) in [4.78, 5) is 16.6. The van der Waals surface area contributed by atoms with E-state index in [4.69, 9.17) is 4.74 Å². The Kier molecular flexibility index (Phi) is 7.73. The molecule has 0 bridgehead atoms. The highest BCUT2D eigenvalue weighted by atomic mass is 32.1. The fraction of sp³-hybridized carbons (Fsp3) is 0.333. The number of rotatable bonds is 6. The van der Waals surface area contributed by atoms with Gasteiger partial charge in [-0.1, -0.05) is 18.2 Å². The highest BCUT2D eigenvalue weighted by Crippen LogP contribution is 2.35. The number of hydrogen-bond donors (Lipinski definition) is 4. The lowest BCUT2D eigenvalue weighted by Crippen LogP contribution is -2.56. The smallest absolute Gasteiger partial charge is 0.262 e. The highest BCUT2D eigenvalue weighted by molar-refractivity contribution is 7.16. The SMILES string of the molecule is C/C(=C(/C#N)C(=O)NC[C@H]1OC[C@H](O)[C@@H](O)[C@@H]1O)c1ccc(-c2ccc3cc(N(C)C)ccc3c2)s1. The normalized spacial score (nSPS) is 22.6. The van der Waals surface area contributed by atoms with E-state index in [0.717, 1.165) is 31.8 Å². The van der Waals surface area contributed by atoms with Crippen LogP contribution in [0.3, 0.4) is 0 Å². The molecule has 0 spiro atoms. The molecule has 1 aliphatic heterocycles. The van der Waals surface area contributed by atoms with Gasteiger partial charge in [-0.3, -0.25) is 4.79 Å². The molecule has 2 aromatic carbocycles. The molecule has 0 saturated carbocycles. The van der Waals surface area contributed by atoms with Crippen molar-refractivity contribution in [3.8, 4) is 16.5 Å². The second-order valence-electron chi connectivity index (χ2n) is 9.05. The summed E-state index contributed by atoms with van der Waals surface area (Å²) in [6.07, 6.45) is -4.78. The van der Waals surface area contributed by atoms with Crippen molar-refractivity contribution >= 4 is 39.3 Å². The molecule has 4 atom stereocenters.